The van der Waals surface area contributed by atoms with Crippen LogP contribution in [0, 0.1) is 0 Å². The molecule has 0 aliphatic carbocycles. The van der Waals surface area contributed by atoms with Gasteiger partial charge in [-0.2, -0.15) is 0 Å². The second kappa shape index (κ2) is 4.37. The molecule has 0 aliphatic rings. The minimum atomic E-state index is -1.11. The molecular formula is C8H8N6O2S. The van der Waals surface area contributed by atoms with Crippen molar-refractivity contribution in [3.63, 3.8) is 0 Å². The molecule has 9 heteroatoms. The number of carboxylic acid groups (broad SMARTS) is 1. The lowest BCUT2D eigenvalue weighted by Gasteiger charge is -2.03. The van der Waals surface area contributed by atoms with E-state index in [4.69, 9.17) is 10.8 Å². The van der Waals surface area contributed by atoms with Crippen LogP contribution in [-0.2, 0) is 7.05 Å². The highest BCUT2D eigenvalue weighted by Gasteiger charge is 2.12. The molecule has 2 aromatic heterocycles. The van der Waals surface area contributed by atoms with E-state index in [0.717, 1.165) is 11.8 Å². The molecule has 88 valence electrons. The molecule has 0 aromatic carbocycles. The standard InChI is InChI=1S/C8H8N6O2S/c1-14-8(11-12-13-14)17-6-4(9)2-3-5(10-6)7(15)16/h2-3H,9H2,1H3,(H,15,16). The first-order valence-corrected chi connectivity index (χ1v) is 5.29. The maximum absolute atomic E-state index is 10.8. The van der Waals surface area contributed by atoms with Crippen LogP contribution in [0.2, 0.25) is 0 Å². The molecule has 2 heterocycles. The van der Waals surface area contributed by atoms with Gasteiger partial charge in [0.05, 0.1) is 5.69 Å². The molecule has 0 unspecified atom stereocenters. The van der Waals surface area contributed by atoms with E-state index in [1.54, 1.807) is 7.05 Å². The van der Waals surface area contributed by atoms with E-state index >= 15 is 0 Å². The third-order valence-corrected chi connectivity index (χ3v) is 2.93. The van der Waals surface area contributed by atoms with Gasteiger partial charge in [0.2, 0.25) is 5.16 Å². The second-order valence-corrected chi connectivity index (χ2v) is 4.04. The van der Waals surface area contributed by atoms with Gasteiger partial charge in [-0.15, -0.1) is 5.10 Å². The minimum Gasteiger partial charge on any atom is -0.477 e. The van der Waals surface area contributed by atoms with Gasteiger partial charge in [-0.25, -0.2) is 14.5 Å². The Morgan fingerprint density at radius 1 is 1.53 bits per heavy atom. The molecule has 2 aromatic rings. The molecule has 0 atom stereocenters. The van der Waals surface area contributed by atoms with Crippen LogP contribution in [0.1, 0.15) is 10.5 Å². The van der Waals surface area contributed by atoms with Crippen LogP contribution in [0.4, 0.5) is 5.69 Å². The van der Waals surface area contributed by atoms with Gasteiger partial charge in [0, 0.05) is 7.05 Å². The fourth-order valence-electron chi connectivity index (χ4n) is 1.05. The van der Waals surface area contributed by atoms with Gasteiger partial charge in [0.1, 0.15) is 10.7 Å². The van der Waals surface area contributed by atoms with Gasteiger partial charge in [-0.3, -0.25) is 0 Å². The normalized spacial score (nSPS) is 10.4. The van der Waals surface area contributed by atoms with Gasteiger partial charge in [-0.1, -0.05) is 0 Å². The van der Waals surface area contributed by atoms with E-state index < -0.39 is 5.97 Å². The number of aromatic nitrogens is 5. The van der Waals surface area contributed by atoms with Crippen molar-refractivity contribution in [2.75, 3.05) is 5.73 Å². The third kappa shape index (κ3) is 2.33. The lowest BCUT2D eigenvalue weighted by molar-refractivity contribution is 0.0690. The summed E-state index contributed by atoms with van der Waals surface area (Å²) in [6, 6.07) is 2.83. The maximum Gasteiger partial charge on any atom is 0.354 e. The molecule has 0 amide bonds. The number of carbonyl (C=O) groups is 1. The van der Waals surface area contributed by atoms with E-state index in [1.165, 1.54) is 16.8 Å². The van der Waals surface area contributed by atoms with E-state index in [-0.39, 0.29) is 5.69 Å². The number of carboxylic acids is 1. The number of aromatic carboxylic acids is 1. The van der Waals surface area contributed by atoms with E-state index in [2.05, 4.69) is 20.5 Å². The SMILES string of the molecule is Cn1nnnc1Sc1nc(C(=O)O)ccc1N. The Kier molecular flexibility index (Phi) is 2.91. The van der Waals surface area contributed by atoms with Crippen LogP contribution in [0.5, 0.6) is 0 Å². The van der Waals surface area contributed by atoms with Crippen molar-refractivity contribution in [2.45, 2.75) is 10.2 Å². The predicted octanol–water partition coefficient (Wildman–Crippen LogP) is 0.0367. The zero-order chi connectivity index (χ0) is 12.4. The average Bonchev–Trinajstić information content (AvgIpc) is 2.67. The molecule has 0 radical (unpaired) electrons. The smallest absolute Gasteiger partial charge is 0.354 e. The Morgan fingerprint density at radius 2 is 2.29 bits per heavy atom. The topological polar surface area (TPSA) is 120 Å². The zero-order valence-electron chi connectivity index (χ0n) is 8.73. The van der Waals surface area contributed by atoms with E-state index in [1.807, 2.05) is 0 Å². The molecule has 17 heavy (non-hydrogen) atoms. The van der Waals surface area contributed by atoms with Gasteiger partial charge in [0.25, 0.3) is 0 Å². The fourth-order valence-corrected chi connectivity index (χ4v) is 1.80. The van der Waals surface area contributed by atoms with Gasteiger partial charge in [0.15, 0.2) is 0 Å². The Bertz CT molecular complexity index is 569. The number of aryl methyl sites for hydroxylation is 1. The van der Waals surface area contributed by atoms with Crippen molar-refractivity contribution in [3.8, 4) is 0 Å². The lowest BCUT2D eigenvalue weighted by Crippen LogP contribution is -2.03. The van der Waals surface area contributed by atoms with Crippen LogP contribution in [-0.4, -0.2) is 36.3 Å². The Hall–Kier alpha value is -2.16. The average molecular weight is 252 g/mol. The highest BCUT2D eigenvalue weighted by Crippen LogP contribution is 2.28. The first-order chi connectivity index (χ1) is 8.08. The number of hydrogen-bond acceptors (Lipinski definition) is 7. The summed E-state index contributed by atoms with van der Waals surface area (Å²) in [6.07, 6.45) is 0. The monoisotopic (exact) mass is 252 g/mol. The molecule has 0 spiro atoms. The Balaban J connectivity index is 2.35. The number of rotatable bonds is 3. The summed E-state index contributed by atoms with van der Waals surface area (Å²) in [6.45, 7) is 0. The molecular weight excluding hydrogens is 244 g/mol. The van der Waals surface area contributed by atoms with Gasteiger partial charge < -0.3 is 10.8 Å². The van der Waals surface area contributed by atoms with Crippen LogP contribution in [0.3, 0.4) is 0 Å². The molecule has 0 saturated carbocycles. The molecule has 0 fully saturated rings. The number of pyridine rings is 1. The minimum absolute atomic E-state index is 0.0724. The van der Waals surface area contributed by atoms with Gasteiger partial charge >= 0.3 is 5.97 Å². The number of nitrogen functional groups attached to an aromatic ring is 1. The van der Waals surface area contributed by atoms with Crippen LogP contribution >= 0.6 is 11.8 Å². The molecule has 3 N–H and O–H groups in total. The quantitative estimate of drug-likeness (QED) is 0.785. The number of hydrogen-bond donors (Lipinski definition) is 2. The first-order valence-electron chi connectivity index (χ1n) is 4.48. The van der Waals surface area contributed by atoms with Crippen molar-refractivity contribution in [3.05, 3.63) is 17.8 Å². The number of nitrogens with two attached hydrogens (primary N) is 1. The van der Waals surface area contributed by atoms with Crippen LogP contribution < -0.4 is 5.73 Å². The van der Waals surface area contributed by atoms with E-state index in [9.17, 15) is 4.79 Å². The highest BCUT2D eigenvalue weighted by molar-refractivity contribution is 7.99. The van der Waals surface area contributed by atoms with Crippen molar-refractivity contribution in [2.24, 2.45) is 7.05 Å². The summed E-state index contributed by atoms with van der Waals surface area (Å²) in [7, 11) is 1.67. The van der Waals surface area contributed by atoms with Crippen LogP contribution in [0.15, 0.2) is 22.3 Å². The van der Waals surface area contributed by atoms with E-state index in [0.29, 0.717) is 15.9 Å². The summed E-state index contributed by atoms with van der Waals surface area (Å²) in [5, 5.41) is 20.5. The van der Waals surface area contributed by atoms with Crippen molar-refractivity contribution >= 4 is 23.4 Å². The maximum atomic E-state index is 10.8. The summed E-state index contributed by atoms with van der Waals surface area (Å²) in [5.41, 5.74) is 6.01. The predicted molar refractivity (Wildman–Crippen MR) is 58.5 cm³/mol. The molecule has 0 bridgehead atoms. The number of tetrazole rings is 1. The lowest BCUT2D eigenvalue weighted by atomic mass is 10.3. The summed E-state index contributed by atoms with van der Waals surface area (Å²) < 4.78 is 1.44. The Labute approximate surface area is 99.8 Å². The fraction of sp³-hybridized carbons (Fsp3) is 0.125. The number of nitrogens with zero attached hydrogens (tertiary/aromatic N) is 5. The molecule has 8 nitrogen and oxygen atoms in total. The van der Waals surface area contributed by atoms with Crippen molar-refractivity contribution < 1.29 is 9.90 Å². The number of anilines is 1. The van der Waals surface area contributed by atoms with Crippen molar-refractivity contribution in [1.82, 2.24) is 25.2 Å². The summed E-state index contributed by atoms with van der Waals surface area (Å²) in [5.74, 6) is -1.11. The second-order valence-electron chi connectivity index (χ2n) is 3.08. The van der Waals surface area contributed by atoms with Gasteiger partial charge in [-0.05, 0) is 34.3 Å². The molecule has 0 aliphatic heterocycles. The summed E-state index contributed by atoms with van der Waals surface area (Å²) in [4.78, 5) is 14.7. The Morgan fingerprint density at radius 3 is 2.88 bits per heavy atom. The zero-order valence-corrected chi connectivity index (χ0v) is 9.55. The largest absolute Gasteiger partial charge is 0.477 e. The molecule has 0 saturated heterocycles. The van der Waals surface area contributed by atoms with Crippen LogP contribution in [0.25, 0.3) is 0 Å². The summed E-state index contributed by atoms with van der Waals surface area (Å²) >= 11 is 1.11. The van der Waals surface area contributed by atoms with Crippen molar-refractivity contribution in [1.29, 1.82) is 0 Å². The molecule has 2 rings (SSSR count). The first kappa shape index (κ1) is 11.3. The highest BCUT2D eigenvalue weighted by atomic mass is 32.2. The third-order valence-electron chi connectivity index (χ3n) is 1.88.